The van der Waals surface area contributed by atoms with Gasteiger partial charge in [-0.25, -0.2) is 4.79 Å². The number of nitrogens with zero attached hydrogens (tertiary/aromatic N) is 1. The molecule has 0 amide bonds. The van der Waals surface area contributed by atoms with Gasteiger partial charge >= 0.3 is 5.97 Å². The summed E-state index contributed by atoms with van der Waals surface area (Å²) in [7, 11) is 3.44. The van der Waals surface area contributed by atoms with Gasteiger partial charge in [-0.1, -0.05) is 15.9 Å². The summed E-state index contributed by atoms with van der Waals surface area (Å²) in [6.07, 6.45) is 0. The van der Waals surface area contributed by atoms with Gasteiger partial charge < -0.3 is 14.4 Å². The Labute approximate surface area is 119 Å². The van der Waals surface area contributed by atoms with E-state index in [2.05, 4.69) is 15.9 Å². The highest BCUT2D eigenvalue weighted by atomic mass is 79.9. The summed E-state index contributed by atoms with van der Waals surface area (Å²) in [5, 5.41) is 9.18. The highest BCUT2D eigenvalue weighted by Crippen LogP contribution is 2.34. The number of carbonyl (C=O) groups is 1. The standard InChI is InChI=1S/C14H14BrNO3/c1-8-10(14(17)18)7-12(16(8)2)11-6-9(15)4-5-13(11)19-3/h4-7H,1-3H3,(H,17,18). The second-order valence-electron chi connectivity index (χ2n) is 4.24. The van der Waals surface area contributed by atoms with Crippen LogP contribution in [0, 0.1) is 6.92 Å². The maximum Gasteiger partial charge on any atom is 0.337 e. The van der Waals surface area contributed by atoms with Crippen LogP contribution in [0.1, 0.15) is 16.1 Å². The number of aromatic nitrogens is 1. The topological polar surface area (TPSA) is 51.5 Å². The molecule has 1 N–H and O–H groups in total. The Morgan fingerprint density at radius 1 is 1.37 bits per heavy atom. The molecule has 19 heavy (non-hydrogen) atoms. The van der Waals surface area contributed by atoms with Crippen molar-refractivity contribution in [2.45, 2.75) is 6.92 Å². The van der Waals surface area contributed by atoms with Crippen molar-refractivity contribution >= 4 is 21.9 Å². The molecule has 0 spiro atoms. The first-order chi connectivity index (χ1) is 8.95. The van der Waals surface area contributed by atoms with E-state index >= 15 is 0 Å². The SMILES string of the molecule is COc1ccc(Br)cc1-c1cc(C(=O)O)c(C)n1C. The molecule has 1 heterocycles. The number of hydrogen-bond donors (Lipinski definition) is 1. The molecule has 0 saturated heterocycles. The van der Waals surface area contributed by atoms with E-state index < -0.39 is 5.97 Å². The maximum absolute atomic E-state index is 11.2. The third-order valence-corrected chi connectivity index (χ3v) is 3.70. The van der Waals surface area contributed by atoms with Gasteiger partial charge in [0.15, 0.2) is 0 Å². The van der Waals surface area contributed by atoms with Crippen LogP contribution in [0.5, 0.6) is 5.75 Å². The number of aromatic carboxylic acids is 1. The van der Waals surface area contributed by atoms with Crippen molar-refractivity contribution in [3.8, 4) is 17.0 Å². The van der Waals surface area contributed by atoms with Gasteiger partial charge in [-0.05, 0) is 31.2 Å². The molecule has 0 aliphatic heterocycles. The molecule has 2 rings (SSSR count). The monoisotopic (exact) mass is 323 g/mol. The summed E-state index contributed by atoms with van der Waals surface area (Å²) in [6, 6.07) is 7.32. The number of methoxy groups -OCH3 is 1. The Bertz CT molecular complexity index is 646. The third kappa shape index (κ3) is 2.38. The smallest absolute Gasteiger partial charge is 0.337 e. The van der Waals surface area contributed by atoms with E-state index in [0.717, 1.165) is 15.7 Å². The van der Waals surface area contributed by atoms with E-state index in [1.165, 1.54) is 0 Å². The van der Waals surface area contributed by atoms with Gasteiger partial charge in [-0.3, -0.25) is 0 Å². The summed E-state index contributed by atoms with van der Waals surface area (Å²) >= 11 is 3.42. The van der Waals surface area contributed by atoms with Crippen LogP contribution in [0.25, 0.3) is 11.3 Å². The van der Waals surface area contributed by atoms with Gasteiger partial charge in [-0.15, -0.1) is 0 Å². The lowest BCUT2D eigenvalue weighted by Gasteiger charge is -2.10. The van der Waals surface area contributed by atoms with Gasteiger partial charge in [0.1, 0.15) is 5.75 Å². The summed E-state index contributed by atoms with van der Waals surface area (Å²) in [5.41, 5.74) is 2.69. The van der Waals surface area contributed by atoms with Gasteiger partial charge in [0.25, 0.3) is 0 Å². The Morgan fingerprint density at radius 3 is 2.58 bits per heavy atom. The Morgan fingerprint density at radius 2 is 2.05 bits per heavy atom. The van der Waals surface area contributed by atoms with E-state index in [9.17, 15) is 9.90 Å². The first-order valence-electron chi connectivity index (χ1n) is 5.69. The molecule has 100 valence electrons. The van der Waals surface area contributed by atoms with Crippen molar-refractivity contribution in [2.24, 2.45) is 7.05 Å². The van der Waals surface area contributed by atoms with E-state index in [-0.39, 0.29) is 0 Å². The number of ether oxygens (including phenoxy) is 1. The highest BCUT2D eigenvalue weighted by molar-refractivity contribution is 9.10. The van der Waals surface area contributed by atoms with Crippen molar-refractivity contribution in [1.82, 2.24) is 4.57 Å². The fourth-order valence-electron chi connectivity index (χ4n) is 2.05. The first-order valence-corrected chi connectivity index (χ1v) is 6.48. The lowest BCUT2D eigenvalue weighted by molar-refractivity contribution is 0.0696. The average Bonchev–Trinajstić information content (AvgIpc) is 2.66. The molecule has 0 radical (unpaired) electrons. The minimum Gasteiger partial charge on any atom is -0.496 e. The lowest BCUT2D eigenvalue weighted by atomic mass is 10.1. The number of carboxylic acids is 1. The van der Waals surface area contributed by atoms with Crippen LogP contribution in [0.2, 0.25) is 0 Å². The summed E-state index contributed by atoms with van der Waals surface area (Å²) in [6.45, 7) is 1.79. The molecule has 0 saturated carbocycles. The number of halogens is 1. The quantitative estimate of drug-likeness (QED) is 0.940. The van der Waals surface area contributed by atoms with Crippen LogP contribution in [0.15, 0.2) is 28.7 Å². The summed E-state index contributed by atoms with van der Waals surface area (Å²) < 4.78 is 8.11. The fraction of sp³-hybridized carbons (Fsp3) is 0.214. The van der Waals surface area contributed by atoms with E-state index in [0.29, 0.717) is 17.0 Å². The predicted octanol–water partition coefficient (Wildman–Crippen LogP) is 3.47. The van der Waals surface area contributed by atoms with E-state index in [1.807, 2.05) is 29.8 Å². The molecule has 1 aromatic heterocycles. The molecule has 1 aromatic carbocycles. The van der Waals surface area contributed by atoms with Crippen LogP contribution >= 0.6 is 15.9 Å². The highest BCUT2D eigenvalue weighted by Gasteiger charge is 2.18. The van der Waals surface area contributed by atoms with Crippen molar-refractivity contribution in [3.05, 3.63) is 40.0 Å². The number of benzene rings is 1. The second-order valence-corrected chi connectivity index (χ2v) is 5.15. The minimum absolute atomic E-state index is 0.305. The van der Waals surface area contributed by atoms with Gasteiger partial charge in [-0.2, -0.15) is 0 Å². The number of rotatable bonds is 3. The third-order valence-electron chi connectivity index (χ3n) is 3.20. The van der Waals surface area contributed by atoms with Crippen molar-refractivity contribution < 1.29 is 14.6 Å². The zero-order valence-electron chi connectivity index (χ0n) is 10.9. The Hall–Kier alpha value is -1.75. The molecule has 0 unspecified atom stereocenters. The first kappa shape index (κ1) is 13.7. The van der Waals surface area contributed by atoms with Gasteiger partial charge in [0.2, 0.25) is 0 Å². The predicted molar refractivity (Wildman–Crippen MR) is 76.8 cm³/mol. The molecule has 0 bridgehead atoms. The Balaban J connectivity index is 2.69. The summed E-state index contributed by atoms with van der Waals surface area (Å²) in [5.74, 6) is -0.214. The molecule has 0 fully saturated rings. The van der Waals surface area contributed by atoms with Crippen LogP contribution in [-0.2, 0) is 7.05 Å². The van der Waals surface area contributed by atoms with Crippen LogP contribution in [0.4, 0.5) is 0 Å². The molecule has 0 atom stereocenters. The zero-order valence-corrected chi connectivity index (χ0v) is 12.5. The molecule has 4 nitrogen and oxygen atoms in total. The molecule has 0 aliphatic rings. The fourth-order valence-corrected chi connectivity index (χ4v) is 2.42. The normalized spacial score (nSPS) is 10.5. The summed E-state index contributed by atoms with van der Waals surface area (Å²) in [4.78, 5) is 11.2. The van der Waals surface area contributed by atoms with Gasteiger partial charge in [0, 0.05) is 22.8 Å². The van der Waals surface area contributed by atoms with E-state index in [4.69, 9.17) is 4.74 Å². The van der Waals surface area contributed by atoms with Gasteiger partial charge in [0.05, 0.1) is 18.4 Å². The number of hydrogen-bond acceptors (Lipinski definition) is 2. The second kappa shape index (κ2) is 5.09. The molecule has 5 heteroatoms. The largest absolute Gasteiger partial charge is 0.496 e. The van der Waals surface area contributed by atoms with Crippen LogP contribution < -0.4 is 4.74 Å². The molecular weight excluding hydrogens is 310 g/mol. The van der Waals surface area contributed by atoms with Crippen molar-refractivity contribution in [1.29, 1.82) is 0 Å². The van der Waals surface area contributed by atoms with Crippen LogP contribution in [-0.4, -0.2) is 22.8 Å². The van der Waals surface area contributed by atoms with E-state index in [1.54, 1.807) is 20.1 Å². The van der Waals surface area contributed by atoms with Crippen molar-refractivity contribution in [3.63, 3.8) is 0 Å². The lowest BCUT2D eigenvalue weighted by Crippen LogP contribution is -2.00. The minimum atomic E-state index is -0.923. The molecule has 0 aliphatic carbocycles. The average molecular weight is 324 g/mol. The number of carboxylic acid groups (broad SMARTS) is 1. The molecule has 2 aromatic rings. The van der Waals surface area contributed by atoms with Crippen molar-refractivity contribution in [2.75, 3.05) is 7.11 Å². The molecular formula is C14H14BrNO3. The van der Waals surface area contributed by atoms with Crippen LogP contribution in [0.3, 0.4) is 0 Å². The maximum atomic E-state index is 11.2. The zero-order chi connectivity index (χ0) is 14.2. The Kier molecular flexibility index (Phi) is 3.66.